The predicted molar refractivity (Wildman–Crippen MR) is 143 cm³/mol. The molecule has 0 saturated carbocycles. The maximum Gasteiger partial charge on any atom is 0.263 e. The van der Waals surface area contributed by atoms with Crippen LogP contribution in [0.1, 0.15) is 52.9 Å². The molecule has 0 radical (unpaired) electrons. The van der Waals surface area contributed by atoms with Crippen LogP contribution in [0.3, 0.4) is 0 Å². The Morgan fingerprint density at radius 3 is 2.03 bits per heavy atom. The second-order valence-corrected chi connectivity index (χ2v) is 10.8. The summed E-state index contributed by atoms with van der Waals surface area (Å²) in [6.45, 7) is 13.8. The van der Waals surface area contributed by atoms with Gasteiger partial charge in [0.15, 0.2) is 0 Å². The van der Waals surface area contributed by atoms with Crippen LogP contribution in [0.15, 0.2) is 53.6 Å². The van der Waals surface area contributed by atoms with Gasteiger partial charge in [0.1, 0.15) is 26.8 Å². The summed E-state index contributed by atoms with van der Waals surface area (Å²) in [7, 11) is -4.33. The molecule has 5 rings (SSSR count). The van der Waals surface area contributed by atoms with E-state index in [0.29, 0.717) is 11.1 Å². The Morgan fingerprint density at radius 2 is 1.44 bits per heavy atom. The van der Waals surface area contributed by atoms with Gasteiger partial charge in [-0.15, -0.1) is 0 Å². The first-order valence-electron chi connectivity index (χ1n) is 12.2. The van der Waals surface area contributed by atoms with Gasteiger partial charge in [0.05, 0.1) is 4.90 Å². The largest absolute Gasteiger partial charge is 0.744 e. The molecule has 6 nitrogen and oxygen atoms in total. The SMILES string of the molecule is CCc1cc2c3cccn3c3cc(C)c(C)cc3[n+]2nc1CC.Cc1cc(C)c(S(=O)(=O)[O-])c(C)c1. The quantitative estimate of drug-likeness (QED) is 0.185. The number of aryl methyl sites for hydroxylation is 7. The van der Waals surface area contributed by atoms with Gasteiger partial charge < -0.3 is 8.95 Å². The smallest absolute Gasteiger partial charge is 0.263 e. The zero-order valence-corrected chi connectivity index (χ0v) is 22.8. The van der Waals surface area contributed by atoms with Crippen molar-refractivity contribution in [3.63, 3.8) is 0 Å². The summed E-state index contributed by atoms with van der Waals surface area (Å²) >= 11 is 0. The molecule has 3 aromatic heterocycles. The summed E-state index contributed by atoms with van der Waals surface area (Å²) in [6.07, 6.45) is 4.13. The van der Waals surface area contributed by atoms with E-state index < -0.39 is 10.1 Å². The molecule has 0 aliphatic carbocycles. The highest BCUT2D eigenvalue weighted by Gasteiger charge is 2.21. The Labute approximate surface area is 213 Å². The van der Waals surface area contributed by atoms with Crippen LogP contribution in [0.5, 0.6) is 0 Å². The molecule has 0 amide bonds. The van der Waals surface area contributed by atoms with Gasteiger partial charge in [-0.05, 0) is 98.0 Å². The molecule has 0 fully saturated rings. The number of rotatable bonds is 3. The Bertz CT molecular complexity index is 1710. The highest BCUT2D eigenvalue weighted by atomic mass is 32.2. The van der Waals surface area contributed by atoms with Crippen molar-refractivity contribution >= 4 is 32.2 Å². The third-order valence-electron chi connectivity index (χ3n) is 6.79. The maximum atomic E-state index is 10.8. The third kappa shape index (κ3) is 4.61. The molecular formula is C29H33N3O3S. The normalized spacial score (nSPS) is 11.8. The van der Waals surface area contributed by atoms with E-state index in [-0.39, 0.29) is 4.90 Å². The Balaban J connectivity index is 0.000000200. The van der Waals surface area contributed by atoms with Crippen molar-refractivity contribution < 1.29 is 17.5 Å². The van der Waals surface area contributed by atoms with Crippen molar-refractivity contribution in [2.45, 2.75) is 66.2 Å². The average molecular weight is 504 g/mol. The third-order valence-corrected chi connectivity index (χ3v) is 7.93. The zero-order chi connectivity index (χ0) is 26.4. The molecule has 36 heavy (non-hydrogen) atoms. The molecule has 5 aromatic rings. The summed E-state index contributed by atoms with van der Waals surface area (Å²) in [6, 6.07) is 14.5. The first-order chi connectivity index (χ1) is 17.0. The molecule has 7 heteroatoms. The van der Waals surface area contributed by atoms with Crippen LogP contribution in [-0.4, -0.2) is 22.5 Å². The monoisotopic (exact) mass is 503 g/mol. The van der Waals surface area contributed by atoms with Crippen LogP contribution in [0.25, 0.3) is 22.1 Å². The highest BCUT2D eigenvalue weighted by Crippen LogP contribution is 2.23. The van der Waals surface area contributed by atoms with Gasteiger partial charge in [-0.3, -0.25) is 0 Å². The predicted octanol–water partition coefficient (Wildman–Crippen LogP) is 5.48. The fraction of sp³-hybridized carbons (Fsp3) is 0.310. The standard InChI is InChI=1S/C20H22N3.C9H12O3S/c1-5-15-12-20-17-8-7-9-22(17)18-10-13(3)14(4)11-19(18)23(20)21-16(15)6-2;1-6-4-7(2)9(8(3)5-6)13(10,11)12/h7-12H,5-6H2,1-4H3;4-5H,1-3H3,(H,10,11,12)/q+1;/p-1. The maximum absolute atomic E-state index is 10.8. The van der Waals surface area contributed by atoms with Gasteiger partial charge in [0.2, 0.25) is 0 Å². The molecule has 0 unspecified atom stereocenters. The second-order valence-electron chi connectivity index (χ2n) is 9.49. The van der Waals surface area contributed by atoms with Gasteiger partial charge in [-0.1, -0.05) is 31.5 Å². The lowest BCUT2D eigenvalue weighted by Gasteiger charge is -2.14. The topological polar surface area (TPSA) is 78.6 Å². The number of hydrogen-bond donors (Lipinski definition) is 0. The summed E-state index contributed by atoms with van der Waals surface area (Å²) < 4.78 is 36.9. The van der Waals surface area contributed by atoms with Crippen molar-refractivity contribution in [1.29, 1.82) is 0 Å². The molecule has 0 aliphatic rings. The Hall–Kier alpha value is -3.29. The molecule has 0 aliphatic heterocycles. The van der Waals surface area contributed by atoms with Crippen molar-refractivity contribution in [3.05, 3.63) is 87.7 Å². The van der Waals surface area contributed by atoms with Crippen LogP contribution in [0.4, 0.5) is 0 Å². The molecule has 0 saturated heterocycles. The van der Waals surface area contributed by atoms with E-state index in [1.807, 2.05) is 6.92 Å². The molecule has 3 heterocycles. The van der Waals surface area contributed by atoms with E-state index in [9.17, 15) is 13.0 Å². The zero-order valence-electron chi connectivity index (χ0n) is 22.0. The molecular weight excluding hydrogens is 470 g/mol. The lowest BCUT2D eigenvalue weighted by molar-refractivity contribution is -0.553. The van der Waals surface area contributed by atoms with E-state index in [2.05, 4.69) is 73.1 Å². The van der Waals surface area contributed by atoms with E-state index >= 15 is 0 Å². The van der Waals surface area contributed by atoms with E-state index in [1.165, 1.54) is 44.5 Å². The lowest BCUT2D eigenvalue weighted by Crippen LogP contribution is -2.31. The van der Waals surface area contributed by atoms with Crippen LogP contribution in [-0.2, 0) is 23.0 Å². The minimum Gasteiger partial charge on any atom is -0.744 e. The minimum atomic E-state index is -4.33. The van der Waals surface area contributed by atoms with Gasteiger partial charge in [-0.2, -0.15) is 0 Å². The summed E-state index contributed by atoms with van der Waals surface area (Å²) in [5, 5.41) is 5.00. The summed E-state index contributed by atoms with van der Waals surface area (Å²) in [5.74, 6) is 0. The highest BCUT2D eigenvalue weighted by molar-refractivity contribution is 7.85. The lowest BCUT2D eigenvalue weighted by atomic mass is 10.1. The van der Waals surface area contributed by atoms with Crippen LogP contribution in [0, 0.1) is 34.6 Å². The number of benzene rings is 2. The molecule has 188 valence electrons. The van der Waals surface area contributed by atoms with E-state index in [0.717, 1.165) is 18.4 Å². The van der Waals surface area contributed by atoms with Gasteiger partial charge in [0, 0.05) is 23.4 Å². The fourth-order valence-corrected chi connectivity index (χ4v) is 5.93. The van der Waals surface area contributed by atoms with Crippen LogP contribution >= 0.6 is 0 Å². The van der Waals surface area contributed by atoms with E-state index in [1.54, 1.807) is 26.0 Å². The van der Waals surface area contributed by atoms with Crippen molar-refractivity contribution in [2.75, 3.05) is 0 Å². The van der Waals surface area contributed by atoms with Gasteiger partial charge >= 0.3 is 0 Å². The van der Waals surface area contributed by atoms with E-state index in [4.69, 9.17) is 5.10 Å². The van der Waals surface area contributed by atoms with Crippen molar-refractivity contribution in [2.24, 2.45) is 0 Å². The second kappa shape index (κ2) is 9.64. The average Bonchev–Trinajstić information content (AvgIpc) is 3.28. The summed E-state index contributed by atoms with van der Waals surface area (Å²) in [4.78, 5) is -0.0851. The van der Waals surface area contributed by atoms with Crippen molar-refractivity contribution in [1.82, 2.24) is 9.50 Å². The number of nitrogens with zero attached hydrogens (tertiary/aromatic N) is 3. The molecule has 0 atom stereocenters. The summed E-state index contributed by atoms with van der Waals surface area (Å²) in [5.41, 5.74) is 11.9. The first-order valence-corrected chi connectivity index (χ1v) is 13.7. The fourth-order valence-electron chi connectivity index (χ4n) is 5.03. The molecule has 0 bridgehead atoms. The molecule has 0 N–H and O–H groups in total. The minimum absolute atomic E-state index is 0.0851. The number of fused-ring (bicyclic) bond motifs is 6. The Morgan fingerprint density at radius 1 is 0.833 bits per heavy atom. The van der Waals surface area contributed by atoms with Crippen LogP contribution in [0.2, 0.25) is 0 Å². The van der Waals surface area contributed by atoms with Gasteiger partial charge in [-0.25, -0.2) is 8.42 Å². The van der Waals surface area contributed by atoms with Gasteiger partial charge in [0.25, 0.3) is 11.0 Å². The molecule has 0 spiro atoms. The molecule has 2 aromatic carbocycles. The van der Waals surface area contributed by atoms with Crippen molar-refractivity contribution in [3.8, 4) is 0 Å². The van der Waals surface area contributed by atoms with Crippen LogP contribution < -0.4 is 4.52 Å². The number of hydrogen-bond acceptors (Lipinski definition) is 4. The first kappa shape index (κ1) is 25.8. The Kier molecular flexibility index (Phi) is 6.90. The number of aromatic nitrogens is 3.